The summed E-state index contributed by atoms with van der Waals surface area (Å²) in [6, 6.07) is 2.87. The zero-order chi connectivity index (χ0) is 12.8. The van der Waals surface area contributed by atoms with Gasteiger partial charge in [0.25, 0.3) is 6.08 Å². The van der Waals surface area contributed by atoms with Gasteiger partial charge < -0.3 is 14.3 Å². The number of halogens is 2. The molecule has 0 bridgehead atoms. The number of aliphatic hydroxyl groups excluding tert-OH is 1. The van der Waals surface area contributed by atoms with E-state index in [2.05, 4.69) is 4.74 Å². The lowest BCUT2D eigenvalue weighted by Gasteiger charge is -2.15. The molecule has 0 fully saturated rings. The normalized spacial score (nSPS) is 13.9. The molecule has 1 N–H and O–H groups in total. The molecule has 6 heteroatoms. The van der Waals surface area contributed by atoms with Gasteiger partial charge in [-0.3, -0.25) is 4.79 Å². The first-order chi connectivity index (χ1) is 8.06. The molecular formula is C11H12F2O4. The maximum absolute atomic E-state index is 12.2. The molecule has 1 aromatic rings. The maximum Gasteiger partial charge on any atom is 0.316 e. The van der Waals surface area contributed by atoms with E-state index in [4.69, 9.17) is 4.42 Å². The Balaban J connectivity index is 2.90. The Morgan fingerprint density at radius 3 is 2.82 bits per heavy atom. The highest BCUT2D eigenvalue weighted by Crippen LogP contribution is 2.26. The molecule has 0 amide bonds. The van der Waals surface area contributed by atoms with Gasteiger partial charge in [-0.05, 0) is 25.1 Å². The summed E-state index contributed by atoms with van der Waals surface area (Å²) in [5.74, 6) is -2.38. The van der Waals surface area contributed by atoms with Gasteiger partial charge in [0.05, 0.1) is 12.9 Å². The summed E-state index contributed by atoms with van der Waals surface area (Å²) in [7, 11) is 0. The van der Waals surface area contributed by atoms with E-state index in [1.165, 1.54) is 18.4 Å². The van der Waals surface area contributed by atoms with Gasteiger partial charge in [-0.1, -0.05) is 0 Å². The molecule has 94 valence electrons. The SMILES string of the molecule is CCOC(=O)C(C=C(F)F)C(O)c1ccco1. The Labute approximate surface area is 96.5 Å². The van der Waals surface area contributed by atoms with Crippen molar-refractivity contribution in [2.75, 3.05) is 6.61 Å². The molecule has 1 rings (SSSR count). The van der Waals surface area contributed by atoms with Crippen LogP contribution < -0.4 is 0 Å². The lowest BCUT2D eigenvalue weighted by Crippen LogP contribution is -2.22. The fraction of sp³-hybridized carbons (Fsp3) is 0.364. The van der Waals surface area contributed by atoms with E-state index in [0.29, 0.717) is 6.08 Å². The minimum absolute atomic E-state index is 0.0283. The number of carbonyl (C=O) groups is 1. The standard InChI is InChI=1S/C11H12F2O4/c1-2-16-11(15)7(6-9(12)13)10(14)8-4-3-5-17-8/h3-7,10,14H,2H2,1H3. The fourth-order valence-corrected chi connectivity index (χ4v) is 1.30. The third-order valence-electron chi connectivity index (χ3n) is 2.04. The molecule has 0 aromatic carbocycles. The highest BCUT2D eigenvalue weighted by atomic mass is 19.3. The van der Waals surface area contributed by atoms with Crippen LogP contribution in [-0.4, -0.2) is 17.7 Å². The molecule has 2 unspecified atom stereocenters. The van der Waals surface area contributed by atoms with E-state index in [0.717, 1.165) is 0 Å². The first-order valence-corrected chi connectivity index (χ1v) is 4.97. The molecule has 0 radical (unpaired) electrons. The molecular weight excluding hydrogens is 234 g/mol. The highest BCUT2D eigenvalue weighted by molar-refractivity contribution is 5.75. The minimum atomic E-state index is -2.06. The Bertz CT molecular complexity index is 382. The summed E-state index contributed by atoms with van der Waals surface area (Å²) in [6.07, 6.45) is -1.93. The third-order valence-corrected chi connectivity index (χ3v) is 2.04. The fourth-order valence-electron chi connectivity index (χ4n) is 1.30. The summed E-state index contributed by atoms with van der Waals surface area (Å²) in [4.78, 5) is 11.4. The van der Waals surface area contributed by atoms with Crippen LogP contribution in [0.1, 0.15) is 18.8 Å². The molecule has 1 aromatic heterocycles. The van der Waals surface area contributed by atoms with Crippen LogP contribution in [0.3, 0.4) is 0 Å². The molecule has 17 heavy (non-hydrogen) atoms. The lowest BCUT2D eigenvalue weighted by molar-refractivity contribution is -0.150. The Kier molecular flexibility index (Phi) is 4.84. The number of carbonyl (C=O) groups excluding carboxylic acids is 1. The van der Waals surface area contributed by atoms with Gasteiger partial charge in [-0.25, -0.2) is 0 Å². The smallest absolute Gasteiger partial charge is 0.316 e. The topological polar surface area (TPSA) is 59.7 Å². The van der Waals surface area contributed by atoms with Gasteiger partial charge in [0, 0.05) is 0 Å². The number of furan rings is 1. The monoisotopic (exact) mass is 246 g/mol. The van der Waals surface area contributed by atoms with Crippen molar-refractivity contribution in [1.82, 2.24) is 0 Å². The number of ether oxygens (including phenoxy) is 1. The number of esters is 1. The Hall–Kier alpha value is -1.69. The van der Waals surface area contributed by atoms with Gasteiger partial charge in [-0.2, -0.15) is 8.78 Å². The average Bonchev–Trinajstić information content (AvgIpc) is 2.78. The maximum atomic E-state index is 12.2. The van der Waals surface area contributed by atoms with Gasteiger partial charge in [-0.15, -0.1) is 0 Å². The Morgan fingerprint density at radius 1 is 1.65 bits per heavy atom. The van der Waals surface area contributed by atoms with Crippen LogP contribution in [0.4, 0.5) is 8.78 Å². The quantitative estimate of drug-likeness (QED) is 0.809. The summed E-state index contributed by atoms with van der Waals surface area (Å²) in [5, 5.41) is 9.74. The molecule has 0 saturated heterocycles. The van der Waals surface area contributed by atoms with Gasteiger partial charge in [0.2, 0.25) is 0 Å². The molecule has 2 atom stereocenters. The van der Waals surface area contributed by atoms with Crippen molar-refractivity contribution in [1.29, 1.82) is 0 Å². The second kappa shape index (κ2) is 6.15. The van der Waals surface area contributed by atoms with Crippen molar-refractivity contribution < 1.29 is 27.8 Å². The van der Waals surface area contributed by atoms with Crippen molar-refractivity contribution in [3.63, 3.8) is 0 Å². The van der Waals surface area contributed by atoms with E-state index in [9.17, 15) is 18.7 Å². The summed E-state index contributed by atoms with van der Waals surface area (Å²) >= 11 is 0. The highest BCUT2D eigenvalue weighted by Gasteiger charge is 2.30. The van der Waals surface area contributed by atoms with E-state index in [1.807, 2.05) is 0 Å². The second-order valence-corrected chi connectivity index (χ2v) is 3.19. The van der Waals surface area contributed by atoms with Crippen molar-refractivity contribution in [2.45, 2.75) is 13.0 Å². The van der Waals surface area contributed by atoms with Crippen LogP contribution in [0.15, 0.2) is 35.0 Å². The molecule has 0 spiro atoms. The molecule has 0 aliphatic rings. The largest absolute Gasteiger partial charge is 0.467 e. The number of hydrogen-bond donors (Lipinski definition) is 1. The van der Waals surface area contributed by atoms with Crippen LogP contribution in [-0.2, 0) is 9.53 Å². The Morgan fingerprint density at radius 2 is 2.35 bits per heavy atom. The lowest BCUT2D eigenvalue weighted by atomic mass is 10.0. The zero-order valence-corrected chi connectivity index (χ0v) is 9.10. The number of hydrogen-bond acceptors (Lipinski definition) is 4. The predicted octanol–water partition coefficient (Wildman–Crippen LogP) is 2.27. The third kappa shape index (κ3) is 3.67. The van der Waals surface area contributed by atoms with Gasteiger partial charge in [0.15, 0.2) is 0 Å². The van der Waals surface area contributed by atoms with Crippen molar-refractivity contribution in [2.24, 2.45) is 5.92 Å². The molecule has 0 aliphatic carbocycles. The van der Waals surface area contributed by atoms with E-state index < -0.39 is 24.1 Å². The minimum Gasteiger partial charge on any atom is -0.467 e. The molecule has 0 aliphatic heterocycles. The molecule has 1 heterocycles. The van der Waals surface area contributed by atoms with Crippen molar-refractivity contribution in [3.8, 4) is 0 Å². The van der Waals surface area contributed by atoms with Crippen LogP contribution >= 0.6 is 0 Å². The van der Waals surface area contributed by atoms with Crippen molar-refractivity contribution in [3.05, 3.63) is 36.3 Å². The van der Waals surface area contributed by atoms with Crippen molar-refractivity contribution >= 4 is 5.97 Å². The van der Waals surface area contributed by atoms with E-state index in [1.54, 1.807) is 6.92 Å². The van der Waals surface area contributed by atoms with Crippen LogP contribution in [0.25, 0.3) is 0 Å². The number of aliphatic hydroxyl groups is 1. The summed E-state index contributed by atoms with van der Waals surface area (Å²) in [6.45, 7) is 1.59. The van der Waals surface area contributed by atoms with Crippen LogP contribution in [0, 0.1) is 5.92 Å². The number of rotatable bonds is 5. The van der Waals surface area contributed by atoms with Gasteiger partial charge in [0.1, 0.15) is 17.8 Å². The van der Waals surface area contributed by atoms with Gasteiger partial charge >= 0.3 is 5.97 Å². The summed E-state index contributed by atoms with van der Waals surface area (Å²) < 4.78 is 33.9. The van der Waals surface area contributed by atoms with Crippen LogP contribution in [0.5, 0.6) is 0 Å². The average molecular weight is 246 g/mol. The molecule has 4 nitrogen and oxygen atoms in total. The predicted molar refractivity (Wildman–Crippen MR) is 54.1 cm³/mol. The summed E-state index contributed by atoms with van der Waals surface area (Å²) in [5.41, 5.74) is 0. The van der Waals surface area contributed by atoms with Crippen LogP contribution in [0.2, 0.25) is 0 Å². The van der Waals surface area contributed by atoms with E-state index in [-0.39, 0.29) is 12.4 Å². The first-order valence-electron chi connectivity index (χ1n) is 4.97. The molecule has 0 saturated carbocycles. The second-order valence-electron chi connectivity index (χ2n) is 3.19. The zero-order valence-electron chi connectivity index (χ0n) is 9.10. The van der Waals surface area contributed by atoms with E-state index >= 15 is 0 Å². The first kappa shape index (κ1) is 13.4.